The maximum atomic E-state index is 3.44. The predicted octanol–water partition coefficient (Wildman–Crippen LogP) is 4.78. The first-order valence-corrected chi connectivity index (χ1v) is 7.05. The summed E-state index contributed by atoms with van der Waals surface area (Å²) in [5.74, 6) is 1.13. The lowest BCUT2D eigenvalue weighted by atomic mass is 10.2. The van der Waals surface area contributed by atoms with Crippen LogP contribution in [0, 0.1) is 0 Å². The molecule has 0 amide bonds. The second-order valence-electron chi connectivity index (χ2n) is 3.54. The van der Waals surface area contributed by atoms with E-state index in [9.17, 15) is 0 Å². The van der Waals surface area contributed by atoms with Crippen molar-refractivity contribution in [3.8, 4) is 0 Å². The fourth-order valence-corrected chi connectivity index (χ4v) is 2.63. The van der Waals surface area contributed by atoms with Gasteiger partial charge in [-0.3, -0.25) is 0 Å². The number of halogens is 1. The molecule has 2 aromatic rings. The van der Waals surface area contributed by atoms with E-state index in [0.717, 1.165) is 16.6 Å². The highest BCUT2D eigenvalue weighted by atomic mass is 79.9. The third-order valence-corrected chi connectivity index (χ3v) is 3.86. The maximum Gasteiger partial charge on any atom is 0.0176 e. The van der Waals surface area contributed by atoms with Gasteiger partial charge in [-0.1, -0.05) is 46.3 Å². The largest absolute Gasteiger partial charge is 0.126 e. The summed E-state index contributed by atoms with van der Waals surface area (Å²) in [5.41, 5.74) is 1.41. The van der Waals surface area contributed by atoms with Crippen LogP contribution >= 0.6 is 27.7 Å². The van der Waals surface area contributed by atoms with Crippen molar-refractivity contribution >= 4 is 27.7 Å². The van der Waals surface area contributed by atoms with Crippen LogP contribution in [0.1, 0.15) is 5.56 Å². The van der Waals surface area contributed by atoms with Crippen LogP contribution < -0.4 is 0 Å². The van der Waals surface area contributed by atoms with Crippen molar-refractivity contribution in [2.24, 2.45) is 0 Å². The van der Waals surface area contributed by atoms with Crippen LogP contribution in [0.25, 0.3) is 0 Å². The van der Waals surface area contributed by atoms with Gasteiger partial charge in [-0.05, 0) is 36.2 Å². The van der Waals surface area contributed by atoms with Gasteiger partial charge < -0.3 is 0 Å². The van der Waals surface area contributed by atoms with Crippen molar-refractivity contribution in [1.29, 1.82) is 0 Å². The highest BCUT2D eigenvalue weighted by Crippen LogP contribution is 2.21. The monoisotopic (exact) mass is 292 g/mol. The zero-order chi connectivity index (χ0) is 11.2. The molecule has 0 N–H and O–H groups in total. The van der Waals surface area contributed by atoms with Gasteiger partial charge in [0, 0.05) is 15.1 Å². The van der Waals surface area contributed by atoms with Gasteiger partial charge in [-0.15, -0.1) is 11.8 Å². The van der Waals surface area contributed by atoms with Gasteiger partial charge in [0.15, 0.2) is 0 Å². The van der Waals surface area contributed by atoms with Gasteiger partial charge in [0.05, 0.1) is 0 Å². The molecule has 0 fully saturated rings. The summed E-state index contributed by atoms with van der Waals surface area (Å²) in [7, 11) is 0. The molecule has 0 unspecified atom stereocenters. The molecule has 0 aliphatic rings. The van der Waals surface area contributed by atoms with E-state index in [1.54, 1.807) is 0 Å². The molecule has 0 radical (unpaired) electrons. The first kappa shape index (κ1) is 11.7. The fraction of sp³-hybridized carbons (Fsp3) is 0.143. The van der Waals surface area contributed by atoms with Crippen LogP contribution in [0.3, 0.4) is 0 Å². The van der Waals surface area contributed by atoms with Crippen LogP contribution in [-0.2, 0) is 6.42 Å². The molecule has 2 heteroatoms. The van der Waals surface area contributed by atoms with E-state index < -0.39 is 0 Å². The first-order valence-electron chi connectivity index (χ1n) is 5.27. The molecule has 16 heavy (non-hydrogen) atoms. The third kappa shape index (κ3) is 3.69. The highest BCUT2D eigenvalue weighted by Gasteiger charge is 1.95. The van der Waals surface area contributed by atoms with E-state index in [1.165, 1.54) is 10.5 Å². The van der Waals surface area contributed by atoms with Gasteiger partial charge in [-0.25, -0.2) is 0 Å². The SMILES string of the molecule is Brc1ccc(SCCc2ccccc2)cc1. The minimum absolute atomic E-state index is 1.13. The topological polar surface area (TPSA) is 0 Å². The summed E-state index contributed by atoms with van der Waals surface area (Å²) in [6.45, 7) is 0. The van der Waals surface area contributed by atoms with Crippen molar-refractivity contribution in [2.45, 2.75) is 11.3 Å². The minimum atomic E-state index is 1.13. The van der Waals surface area contributed by atoms with Crippen LogP contribution in [0.4, 0.5) is 0 Å². The van der Waals surface area contributed by atoms with E-state index >= 15 is 0 Å². The lowest BCUT2D eigenvalue weighted by Crippen LogP contribution is -1.87. The average Bonchev–Trinajstić information content (AvgIpc) is 2.33. The average molecular weight is 293 g/mol. The van der Waals surface area contributed by atoms with Crippen LogP contribution in [0.15, 0.2) is 64.0 Å². The molecular weight excluding hydrogens is 280 g/mol. The molecule has 82 valence electrons. The highest BCUT2D eigenvalue weighted by molar-refractivity contribution is 9.10. The van der Waals surface area contributed by atoms with E-state index in [0.29, 0.717) is 0 Å². The smallest absolute Gasteiger partial charge is 0.0176 e. The number of hydrogen-bond acceptors (Lipinski definition) is 1. The predicted molar refractivity (Wildman–Crippen MR) is 75.0 cm³/mol. The molecule has 2 aromatic carbocycles. The molecule has 0 saturated heterocycles. The number of hydrogen-bond donors (Lipinski definition) is 0. The molecule has 0 spiro atoms. The van der Waals surface area contributed by atoms with Gasteiger partial charge in [0.25, 0.3) is 0 Å². The van der Waals surface area contributed by atoms with E-state index in [2.05, 4.69) is 70.5 Å². The van der Waals surface area contributed by atoms with Crippen LogP contribution in [-0.4, -0.2) is 5.75 Å². The molecule has 0 aromatic heterocycles. The van der Waals surface area contributed by atoms with Crippen LogP contribution in [0.2, 0.25) is 0 Å². The Morgan fingerprint density at radius 3 is 2.25 bits per heavy atom. The molecule has 0 saturated carbocycles. The Kier molecular flexibility index (Phi) is 4.49. The summed E-state index contributed by atoms with van der Waals surface area (Å²) < 4.78 is 1.14. The maximum absolute atomic E-state index is 3.44. The van der Waals surface area contributed by atoms with Crippen LogP contribution in [0.5, 0.6) is 0 Å². The number of thioether (sulfide) groups is 1. The molecule has 0 bridgehead atoms. The van der Waals surface area contributed by atoms with Gasteiger partial charge in [-0.2, -0.15) is 0 Å². The summed E-state index contributed by atoms with van der Waals surface area (Å²) >= 11 is 5.34. The summed E-state index contributed by atoms with van der Waals surface area (Å²) in [6, 6.07) is 19.1. The van der Waals surface area contributed by atoms with Crippen molar-refractivity contribution in [1.82, 2.24) is 0 Å². The first-order chi connectivity index (χ1) is 7.84. The molecule has 2 rings (SSSR count). The number of rotatable bonds is 4. The third-order valence-electron chi connectivity index (χ3n) is 2.32. The molecule has 0 nitrogen and oxygen atoms in total. The van der Waals surface area contributed by atoms with Crippen molar-refractivity contribution in [2.75, 3.05) is 5.75 Å². The molecule has 0 heterocycles. The van der Waals surface area contributed by atoms with Crippen molar-refractivity contribution in [3.05, 3.63) is 64.6 Å². The van der Waals surface area contributed by atoms with Crippen molar-refractivity contribution in [3.63, 3.8) is 0 Å². The quantitative estimate of drug-likeness (QED) is 0.731. The van der Waals surface area contributed by atoms with Crippen molar-refractivity contribution < 1.29 is 0 Å². The van der Waals surface area contributed by atoms with E-state index in [-0.39, 0.29) is 0 Å². The van der Waals surface area contributed by atoms with Gasteiger partial charge in [0.1, 0.15) is 0 Å². The summed E-state index contributed by atoms with van der Waals surface area (Å²) in [5, 5.41) is 0. The van der Waals surface area contributed by atoms with Gasteiger partial charge >= 0.3 is 0 Å². The Morgan fingerprint density at radius 1 is 0.875 bits per heavy atom. The Balaban J connectivity index is 1.82. The second kappa shape index (κ2) is 6.12. The molecule has 0 aliphatic carbocycles. The number of aryl methyl sites for hydroxylation is 1. The molecule has 0 atom stereocenters. The zero-order valence-corrected chi connectivity index (χ0v) is 11.3. The fourth-order valence-electron chi connectivity index (χ4n) is 1.46. The minimum Gasteiger partial charge on any atom is -0.126 e. The Bertz CT molecular complexity index is 422. The lowest BCUT2D eigenvalue weighted by Gasteiger charge is -2.02. The normalized spacial score (nSPS) is 10.3. The summed E-state index contributed by atoms with van der Waals surface area (Å²) in [6.07, 6.45) is 1.13. The zero-order valence-electron chi connectivity index (χ0n) is 8.90. The Labute approximate surface area is 109 Å². The number of benzene rings is 2. The van der Waals surface area contributed by atoms with E-state index in [4.69, 9.17) is 0 Å². The second-order valence-corrected chi connectivity index (χ2v) is 5.62. The molecular formula is C14H13BrS. The summed E-state index contributed by atoms with van der Waals surface area (Å²) in [4.78, 5) is 1.33. The van der Waals surface area contributed by atoms with Gasteiger partial charge in [0.2, 0.25) is 0 Å². The Morgan fingerprint density at radius 2 is 1.56 bits per heavy atom. The van der Waals surface area contributed by atoms with E-state index in [1.807, 2.05) is 11.8 Å². The lowest BCUT2D eigenvalue weighted by molar-refractivity contribution is 1.15. The molecule has 0 aliphatic heterocycles. The Hall–Kier alpha value is -0.730. The standard InChI is InChI=1S/C14H13BrS/c15-13-6-8-14(9-7-13)16-11-10-12-4-2-1-3-5-12/h1-9H,10-11H2.